The molecule has 1 aliphatic carbocycles. The minimum atomic E-state index is 0.397. The van der Waals surface area contributed by atoms with Gasteiger partial charge in [-0.05, 0) is 33.2 Å². The fourth-order valence-electron chi connectivity index (χ4n) is 3.65. The normalized spacial score (nSPS) is 39.5. The van der Waals surface area contributed by atoms with Crippen LogP contribution in [0.4, 0.5) is 0 Å². The van der Waals surface area contributed by atoms with Crippen LogP contribution in [0.5, 0.6) is 0 Å². The summed E-state index contributed by atoms with van der Waals surface area (Å²) in [4.78, 5) is 2.75. The van der Waals surface area contributed by atoms with E-state index < -0.39 is 0 Å². The Labute approximate surface area is 112 Å². The van der Waals surface area contributed by atoms with Crippen molar-refractivity contribution in [3.8, 4) is 0 Å². The van der Waals surface area contributed by atoms with E-state index in [1.165, 1.54) is 38.5 Å². The number of nitrogens with one attached hydrogen (secondary N) is 1. The van der Waals surface area contributed by atoms with E-state index in [0.717, 1.165) is 13.2 Å². The monoisotopic (exact) mass is 254 g/mol. The summed E-state index contributed by atoms with van der Waals surface area (Å²) < 4.78 is 5.84. The third kappa shape index (κ3) is 3.25. The highest BCUT2D eigenvalue weighted by Gasteiger charge is 2.35. The highest BCUT2D eigenvalue weighted by molar-refractivity contribution is 4.91. The number of likely N-dealkylation sites (N-methyl/N-ethyl adjacent to an activating group) is 1. The fourth-order valence-corrected chi connectivity index (χ4v) is 3.65. The first-order chi connectivity index (χ1) is 8.76. The third-order valence-electron chi connectivity index (χ3n) is 4.76. The van der Waals surface area contributed by atoms with Crippen LogP contribution >= 0.6 is 0 Å². The molecule has 3 heteroatoms. The second kappa shape index (κ2) is 6.88. The Morgan fingerprint density at radius 1 is 1.22 bits per heavy atom. The Balaban J connectivity index is 2.08. The summed E-state index contributed by atoms with van der Waals surface area (Å²) in [5, 5.41) is 3.57. The molecule has 4 atom stereocenters. The zero-order valence-electron chi connectivity index (χ0n) is 12.3. The van der Waals surface area contributed by atoms with Crippen molar-refractivity contribution in [2.24, 2.45) is 0 Å². The molecule has 2 rings (SSSR count). The van der Waals surface area contributed by atoms with Crippen molar-refractivity contribution in [3.05, 3.63) is 0 Å². The molecule has 0 spiro atoms. The Morgan fingerprint density at radius 3 is 2.72 bits per heavy atom. The van der Waals surface area contributed by atoms with Gasteiger partial charge < -0.3 is 10.1 Å². The quantitative estimate of drug-likeness (QED) is 0.783. The first-order valence-electron chi connectivity index (χ1n) is 7.80. The Hall–Kier alpha value is -0.120. The third-order valence-corrected chi connectivity index (χ3v) is 4.76. The first kappa shape index (κ1) is 14.3. The molecule has 0 aromatic heterocycles. The van der Waals surface area contributed by atoms with Crippen molar-refractivity contribution in [1.82, 2.24) is 10.2 Å². The van der Waals surface area contributed by atoms with Crippen molar-refractivity contribution in [1.29, 1.82) is 0 Å². The van der Waals surface area contributed by atoms with E-state index in [0.29, 0.717) is 24.2 Å². The van der Waals surface area contributed by atoms with Crippen LogP contribution < -0.4 is 5.32 Å². The molecule has 0 aromatic rings. The average molecular weight is 254 g/mol. The lowest BCUT2D eigenvalue weighted by molar-refractivity contribution is -0.0784. The maximum atomic E-state index is 5.84. The van der Waals surface area contributed by atoms with Crippen molar-refractivity contribution in [2.75, 3.05) is 20.2 Å². The molecule has 106 valence electrons. The van der Waals surface area contributed by atoms with Crippen LogP contribution in [0.1, 0.15) is 52.4 Å². The maximum absolute atomic E-state index is 5.84. The molecule has 1 N–H and O–H groups in total. The van der Waals surface area contributed by atoms with Gasteiger partial charge in [0.15, 0.2) is 0 Å². The highest BCUT2D eigenvalue weighted by Crippen LogP contribution is 2.27. The van der Waals surface area contributed by atoms with Crippen LogP contribution in [0.2, 0.25) is 0 Å². The van der Waals surface area contributed by atoms with Gasteiger partial charge in [-0.15, -0.1) is 0 Å². The van der Waals surface area contributed by atoms with Crippen LogP contribution in [-0.4, -0.2) is 49.3 Å². The summed E-state index contributed by atoms with van der Waals surface area (Å²) in [5.41, 5.74) is 0. The Morgan fingerprint density at radius 2 is 2.00 bits per heavy atom. The standard InChI is InChI=1S/C15H30N2O/c1-4-13-11-18-12(2)10-17(13)15-9-7-5-6-8-14(15)16-3/h12-16H,4-11H2,1-3H3. The molecular weight excluding hydrogens is 224 g/mol. The van der Waals surface area contributed by atoms with Crippen LogP contribution in [-0.2, 0) is 4.74 Å². The predicted octanol–water partition coefficient (Wildman–Crippen LogP) is 2.41. The second-order valence-corrected chi connectivity index (χ2v) is 6.00. The maximum Gasteiger partial charge on any atom is 0.0674 e. The van der Waals surface area contributed by atoms with E-state index in [1.54, 1.807) is 0 Å². The number of rotatable bonds is 3. The van der Waals surface area contributed by atoms with E-state index >= 15 is 0 Å². The summed E-state index contributed by atoms with van der Waals surface area (Å²) in [6, 6.07) is 2.01. The van der Waals surface area contributed by atoms with Crippen LogP contribution in [0.3, 0.4) is 0 Å². The van der Waals surface area contributed by atoms with Crippen LogP contribution in [0.15, 0.2) is 0 Å². The van der Waals surface area contributed by atoms with Crippen molar-refractivity contribution in [3.63, 3.8) is 0 Å². The molecule has 1 saturated heterocycles. The van der Waals surface area contributed by atoms with E-state index in [2.05, 4.69) is 31.1 Å². The van der Waals surface area contributed by atoms with Crippen LogP contribution in [0.25, 0.3) is 0 Å². The molecule has 2 aliphatic rings. The van der Waals surface area contributed by atoms with Crippen molar-refractivity contribution in [2.45, 2.75) is 76.6 Å². The summed E-state index contributed by atoms with van der Waals surface area (Å²) in [6.07, 6.45) is 8.49. The van der Waals surface area contributed by atoms with Gasteiger partial charge >= 0.3 is 0 Å². The van der Waals surface area contributed by atoms with Gasteiger partial charge in [-0.25, -0.2) is 0 Å². The molecule has 4 unspecified atom stereocenters. The molecule has 0 amide bonds. The molecule has 1 saturated carbocycles. The summed E-state index contributed by atoms with van der Waals surface area (Å²) in [6.45, 7) is 6.54. The molecule has 0 bridgehead atoms. The van der Waals surface area contributed by atoms with Gasteiger partial charge in [0.1, 0.15) is 0 Å². The summed E-state index contributed by atoms with van der Waals surface area (Å²) >= 11 is 0. The minimum absolute atomic E-state index is 0.397. The average Bonchev–Trinajstić information content (AvgIpc) is 2.63. The smallest absolute Gasteiger partial charge is 0.0674 e. The van der Waals surface area contributed by atoms with Crippen LogP contribution in [0, 0.1) is 0 Å². The summed E-state index contributed by atoms with van der Waals surface area (Å²) in [5.74, 6) is 0. The largest absolute Gasteiger partial charge is 0.376 e. The minimum Gasteiger partial charge on any atom is -0.376 e. The lowest BCUT2D eigenvalue weighted by atomic mass is 9.97. The van der Waals surface area contributed by atoms with Crippen molar-refractivity contribution < 1.29 is 4.74 Å². The van der Waals surface area contributed by atoms with Gasteiger partial charge in [-0.2, -0.15) is 0 Å². The SMILES string of the molecule is CCC1COC(C)CN1C1CCCCCC1NC. The highest BCUT2D eigenvalue weighted by atomic mass is 16.5. The number of hydrogen-bond acceptors (Lipinski definition) is 3. The van der Waals surface area contributed by atoms with E-state index in [4.69, 9.17) is 4.74 Å². The Kier molecular flexibility index (Phi) is 5.46. The van der Waals surface area contributed by atoms with Gasteiger partial charge in [-0.3, -0.25) is 4.90 Å². The topological polar surface area (TPSA) is 24.5 Å². The molecular formula is C15H30N2O. The first-order valence-corrected chi connectivity index (χ1v) is 7.80. The summed E-state index contributed by atoms with van der Waals surface area (Å²) in [7, 11) is 2.13. The molecule has 0 radical (unpaired) electrons. The van der Waals surface area contributed by atoms with Crippen molar-refractivity contribution >= 4 is 0 Å². The fraction of sp³-hybridized carbons (Fsp3) is 1.00. The van der Waals surface area contributed by atoms with E-state index in [1.807, 2.05) is 0 Å². The molecule has 1 aliphatic heterocycles. The number of hydrogen-bond donors (Lipinski definition) is 1. The predicted molar refractivity (Wildman–Crippen MR) is 75.9 cm³/mol. The molecule has 1 heterocycles. The lowest BCUT2D eigenvalue weighted by Gasteiger charge is -2.45. The zero-order chi connectivity index (χ0) is 13.0. The molecule has 2 fully saturated rings. The van der Waals surface area contributed by atoms with E-state index in [-0.39, 0.29) is 0 Å². The number of morpholine rings is 1. The number of ether oxygens (including phenoxy) is 1. The van der Waals surface area contributed by atoms with Gasteiger partial charge in [0.05, 0.1) is 12.7 Å². The molecule has 0 aromatic carbocycles. The molecule has 3 nitrogen and oxygen atoms in total. The lowest BCUT2D eigenvalue weighted by Crippen LogP contribution is -2.58. The second-order valence-electron chi connectivity index (χ2n) is 6.00. The van der Waals surface area contributed by atoms with E-state index in [9.17, 15) is 0 Å². The zero-order valence-corrected chi connectivity index (χ0v) is 12.3. The Bertz CT molecular complexity index is 247. The van der Waals surface area contributed by atoms with Gasteiger partial charge in [0.2, 0.25) is 0 Å². The number of nitrogens with zero attached hydrogens (tertiary/aromatic N) is 1. The van der Waals surface area contributed by atoms with Gasteiger partial charge in [0.25, 0.3) is 0 Å². The van der Waals surface area contributed by atoms with Gasteiger partial charge in [-0.1, -0.05) is 26.2 Å². The van der Waals surface area contributed by atoms with Gasteiger partial charge in [0, 0.05) is 24.7 Å². The molecule has 18 heavy (non-hydrogen) atoms.